The van der Waals surface area contributed by atoms with Crippen molar-refractivity contribution in [1.29, 1.82) is 0 Å². The van der Waals surface area contributed by atoms with E-state index in [0.717, 1.165) is 24.4 Å². The van der Waals surface area contributed by atoms with Crippen LogP contribution in [-0.4, -0.2) is 23.9 Å². The van der Waals surface area contributed by atoms with E-state index in [4.69, 9.17) is 29.2 Å². The van der Waals surface area contributed by atoms with Gasteiger partial charge in [0.1, 0.15) is 5.75 Å². The highest BCUT2D eigenvalue weighted by atomic mass is 32.1. The summed E-state index contributed by atoms with van der Waals surface area (Å²) in [5, 5.41) is 7.12. The monoisotopic (exact) mass is 326 g/mol. The lowest BCUT2D eigenvalue weighted by atomic mass is 10.2. The van der Waals surface area contributed by atoms with Crippen molar-refractivity contribution in [2.24, 2.45) is 0 Å². The SMILES string of the molecule is CCCCCNC(=S)NNC(=S)Nc1ccc(OC)cc1. The maximum Gasteiger partial charge on any atom is 0.189 e. The minimum Gasteiger partial charge on any atom is -0.497 e. The number of anilines is 1. The van der Waals surface area contributed by atoms with Crippen molar-refractivity contribution in [3.05, 3.63) is 24.3 Å². The van der Waals surface area contributed by atoms with Gasteiger partial charge in [0.2, 0.25) is 0 Å². The van der Waals surface area contributed by atoms with Crippen molar-refractivity contribution in [3.8, 4) is 5.75 Å². The number of hydrogen-bond donors (Lipinski definition) is 4. The Kier molecular flexibility index (Phi) is 8.45. The van der Waals surface area contributed by atoms with Crippen LogP contribution >= 0.6 is 24.4 Å². The van der Waals surface area contributed by atoms with Gasteiger partial charge in [-0.2, -0.15) is 0 Å². The maximum atomic E-state index is 5.17. The summed E-state index contributed by atoms with van der Waals surface area (Å²) in [6.45, 7) is 3.03. The summed E-state index contributed by atoms with van der Waals surface area (Å²) in [4.78, 5) is 0. The Hall–Kier alpha value is -1.60. The number of hydrazine groups is 1. The van der Waals surface area contributed by atoms with E-state index >= 15 is 0 Å². The fourth-order valence-electron chi connectivity index (χ4n) is 1.57. The molecule has 0 aliphatic carbocycles. The molecule has 1 aromatic rings. The van der Waals surface area contributed by atoms with E-state index in [0.29, 0.717) is 10.2 Å². The van der Waals surface area contributed by atoms with Crippen molar-refractivity contribution in [1.82, 2.24) is 16.2 Å². The summed E-state index contributed by atoms with van der Waals surface area (Å²) in [5.74, 6) is 0.801. The fourth-order valence-corrected chi connectivity index (χ4v) is 1.89. The molecule has 0 aliphatic heterocycles. The molecule has 0 heterocycles. The molecule has 0 amide bonds. The van der Waals surface area contributed by atoms with Crippen LogP contribution in [0, 0.1) is 0 Å². The van der Waals surface area contributed by atoms with Crippen LogP contribution in [0.25, 0.3) is 0 Å². The lowest BCUT2D eigenvalue weighted by Crippen LogP contribution is -2.48. The van der Waals surface area contributed by atoms with Crippen LogP contribution in [-0.2, 0) is 0 Å². The first-order valence-electron chi connectivity index (χ1n) is 6.90. The van der Waals surface area contributed by atoms with Crippen LogP contribution in [0.4, 0.5) is 5.69 Å². The van der Waals surface area contributed by atoms with Gasteiger partial charge in [0.15, 0.2) is 10.2 Å². The summed E-state index contributed by atoms with van der Waals surface area (Å²) in [6, 6.07) is 7.48. The smallest absolute Gasteiger partial charge is 0.189 e. The highest BCUT2D eigenvalue weighted by molar-refractivity contribution is 7.80. The first-order valence-corrected chi connectivity index (χ1v) is 7.72. The van der Waals surface area contributed by atoms with E-state index < -0.39 is 0 Å². The minimum atomic E-state index is 0.442. The molecule has 0 unspecified atom stereocenters. The molecular weight excluding hydrogens is 304 g/mol. The highest BCUT2D eigenvalue weighted by Crippen LogP contribution is 2.14. The normalized spacial score (nSPS) is 9.62. The predicted molar refractivity (Wildman–Crippen MR) is 95.6 cm³/mol. The van der Waals surface area contributed by atoms with Gasteiger partial charge in [0.25, 0.3) is 0 Å². The van der Waals surface area contributed by atoms with Gasteiger partial charge in [0.05, 0.1) is 7.11 Å². The number of ether oxygens (including phenoxy) is 1. The number of nitrogens with one attached hydrogen (secondary N) is 4. The number of thiocarbonyl (C=S) groups is 2. The van der Waals surface area contributed by atoms with Crippen LogP contribution < -0.4 is 26.2 Å². The molecule has 0 atom stereocenters. The van der Waals surface area contributed by atoms with Crippen molar-refractivity contribution < 1.29 is 4.74 Å². The molecule has 0 radical (unpaired) electrons. The molecule has 116 valence electrons. The van der Waals surface area contributed by atoms with Crippen LogP contribution in [0.1, 0.15) is 26.2 Å². The van der Waals surface area contributed by atoms with Gasteiger partial charge in [-0.3, -0.25) is 10.9 Å². The average Bonchev–Trinajstić information content (AvgIpc) is 2.50. The topological polar surface area (TPSA) is 57.3 Å². The Balaban J connectivity index is 2.22. The van der Waals surface area contributed by atoms with Crippen LogP contribution in [0.5, 0.6) is 5.75 Å². The second-order valence-corrected chi connectivity index (χ2v) is 5.21. The second kappa shape index (κ2) is 10.2. The molecule has 0 saturated heterocycles. The number of hydrogen-bond acceptors (Lipinski definition) is 3. The zero-order chi connectivity index (χ0) is 15.5. The third-order valence-corrected chi connectivity index (χ3v) is 3.15. The molecule has 1 rings (SSSR count). The molecule has 4 N–H and O–H groups in total. The van der Waals surface area contributed by atoms with Crippen molar-refractivity contribution in [2.75, 3.05) is 19.0 Å². The van der Waals surface area contributed by atoms with Crippen molar-refractivity contribution in [3.63, 3.8) is 0 Å². The van der Waals surface area contributed by atoms with Crippen LogP contribution in [0.15, 0.2) is 24.3 Å². The standard InChI is InChI=1S/C14H22N4OS2/c1-3-4-5-10-15-13(20)17-18-14(21)16-11-6-8-12(19-2)9-7-11/h6-9H,3-5,10H2,1-2H3,(H2,15,17,20)(H2,16,18,21). The molecule has 0 saturated carbocycles. The Labute approximate surface area is 136 Å². The Morgan fingerprint density at radius 1 is 1.05 bits per heavy atom. The summed E-state index contributed by atoms with van der Waals surface area (Å²) in [5.41, 5.74) is 6.55. The molecule has 1 aromatic carbocycles. The Morgan fingerprint density at radius 3 is 2.33 bits per heavy atom. The average molecular weight is 326 g/mol. The number of rotatable bonds is 6. The van der Waals surface area contributed by atoms with E-state index in [1.807, 2.05) is 24.3 Å². The largest absolute Gasteiger partial charge is 0.497 e. The zero-order valence-corrected chi connectivity index (χ0v) is 14.0. The fraction of sp³-hybridized carbons (Fsp3) is 0.429. The molecule has 0 bridgehead atoms. The van der Waals surface area contributed by atoms with Gasteiger partial charge in [-0.05, 0) is 55.1 Å². The van der Waals surface area contributed by atoms with E-state index in [1.165, 1.54) is 12.8 Å². The molecule has 0 aliphatic rings. The van der Waals surface area contributed by atoms with Gasteiger partial charge in [-0.25, -0.2) is 0 Å². The van der Waals surface area contributed by atoms with Gasteiger partial charge >= 0.3 is 0 Å². The first kappa shape index (κ1) is 17.5. The lowest BCUT2D eigenvalue weighted by Gasteiger charge is -2.14. The van der Waals surface area contributed by atoms with Gasteiger partial charge in [-0.1, -0.05) is 19.8 Å². The second-order valence-electron chi connectivity index (χ2n) is 4.40. The Morgan fingerprint density at radius 2 is 1.71 bits per heavy atom. The molecule has 5 nitrogen and oxygen atoms in total. The van der Waals surface area contributed by atoms with E-state index in [1.54, 1.807) is 7.11 Å². The zero-order valence-electron chi connectivity index (χ0n) is 12.4. The molecular formula is C14H22N4OS2. The van der Waals surface area contributed by atoms with Crippen LogP contribution in [0.3, 0.4) is 0 Å². The van der Waals surface area contributed by atoms with Gasteiger partial charge < -0.3 is 15.4 Å². The summed E-state index contributed by atoms with van der Waals surface area (Å²) in [6.07, 6.45) is 3.49. The predicted octanol–water partition coefficient (Wildman–Crippen LogP) is 2.55. The number of methoxy groups -OCH3 is 1. The first-order chi connectivity index (χ1) is 10.2. The molecule has 0 fully saturated rings. The summed E-state index contributed by atoms with van der Waals surface area (Å²) >= 11 is 10.3. The molecule has 0 spiro atoms. The summed E-state index contributed by atoms with van der Waals surface area (Å²) in [7, 11) is 1.63. The minimum absolute atomic E-state index is 0.442. The van der Waals surface area contributed by atoms with Crippen molar-refractivity contribution >= 4 is 40.3 Å². The summed E-state index contributed by atoms with van der Waals surface area (Å²) < 4.78 is 5.09. The van der Waals surface area contributed by atoms with E-state index in [2.05, 4.69) is 28.4 Å². The van der Waals surface area contributed by atoms with Gasteiger partial charge in [-0.15, -0.1) is 0 Å². The van der Waals surface area contributed by atoms with Crippen LogP contribution in [0.2, 0.25) is 0 Å². The third kappa shape index (κ3) is 7.67. The van der Waals surface area contributed by atoms with E-state index in [-0.39, 0.29) is 0 Å². The molecule has 21 heavy (non-hydrogen) atoms. The third-order valence-electron chi connectivity index (χ3n) is 2.70. The Bertz CT molecular complexity index is 451. The van der Waals surface area contributed by atoms with Crippen molar-refractivity contribution in [2.45, 2.75) is 26.2 Å². The van der Waals surface area contributed by atoms with Gasteiger partial charge in [0, 0.05) is 12.2 Å². The molecule has 7 heteroatoms. The quantitative estimate of drug-likeness (QED) is 0.364. The maximum absolute atomic E-state index is 5.17. The number of benzene rings is 1. The van der Waals surface area contributed by atoms with E-state index in [9.17, 15) is 0 Å². The lowest BCUT2D eigenvalue weighted by molar-refractivity contribution is 0.415. The highest BCUT2D eigenvalue weighted by Gasteiger charge is 1.99. The molecule has 0 aromatic heterocycles. The number of unbranched alkanes of at least 4 members (excludes halogenated alkanes) is 2.